The van der Waals surface area contributed by atoms with E-state index in [9.17, 15) is 4.79 Å². The maximum atomic E-state index is 10.7. The fourth-order valence-electron chi connectivity index (χ4n) is 1.89. The molecule has 0 unspecified atom stereocenters. The van der Waals surface area contributed by atoms with Gasteiger partial charge in [0.15, 0.2) is 11.5 Å². The molecule has 1 aromatic rings. The Kier molecular flexibility index (Phi) is 1.74. The van der Waals surface area contributed by atoms with Gasteiger partial charge in [-0.05, 0) is 11.6 Å². The van der Waals surface area contributed by atoms with Gasteiger partial charge in [0.05, 0.1) is 11.9 Å². The second-order valence-corrected chi connectivity index (χ2v) is 3.53. The molecule has 1 aliphatic carbocycles. The van der Waals surface area contributed by atoms with Crippen molar-refractivity contribution < 1.29 is 14.3 Å². The summed E-state index contributed by atoms with van der Waals surface area (Å²) in [6.07, 6.45) is 4.90. The molecule has 2 aliphatic rings. The standard InChI is InChI=1S/C11H9NO3/c13-6-7-3-8-9(4-7)12-5-10-11(8)15-2-1-14-10/h4-6H,1-3H2. The summed E-state index contributed by atoms with van der Waals surface area (Å²) in [4.78, 5) is 14.9. The highest BCUT2D eigenvalue weighted by Gasteiger charge is 2.23. The molecule has 3 rings (SSSR count). The molecule has 0 saturated carbocycles. The van der Waals surface area contributed by atoms with Gasteiger partial charge in [-0.1, -0.05) is 0 Å². The Morgan fingerprint density at radius 1 is 1.33 bits per heavy atom. The molecule has 2 heterocycles. The van der Waals surface area contributed by atoms with E-state index in [4.69, 9.17) is 9.47 Å². The predicted molar refractivity (Wildman–Crippen MR) is 53.0 cm³/mol. The third kappa shape index (κ3) is 1.21. The summed E-state index contributed by atoms with van der Waals surface area (Å²) in [7, 11) is 0. The molecule has 0 bridgehead atoms. The van der Waals surface area contributed by atoms with Crippen molar-refractivity contribution in [1.29, 1.82) is 0 Å². The SMILES string of the molecule is O=CC1=Cc2ncc3c(c2C1)OCCO3. The van der Waals surface area contributed by atoms with Gasteiger partial charge < -0.3 is 9.47 Å². The van der Waals surface area contributed by atoms with Crippen molar-refractivity contribution >= 4 is 12.4 Å². The Morgan fingerprint density at radius 2 is 2.20 bits per heavy atom. The van der Waals surface area contributed by atoms with Crippen LogP contribution in [0, 0.1) is 0 Å². The van der Waals surface area contributed by atoms with Crippen LogP contribution < -0.4 is 9.47 Å². The molecule has 4 heteroatoms. The minimum Gasteiger partial charge on any atom is -0.486 e. The Hall–Kier alpha value is -1.84. The van der Waals surface area contributed by atoms with E-state index in [2.05, 4.69) is 4.98 Å². The largest absolute Gasteiger partial charge is 0.486 e. The van der Waals surface area contributed by atoms with Crippen LogP contribution in [0.15, 0.2) is 11.8 Å². The van der Waals surface area contributed by atoms with E-state index >= 15 is 0 Å². The first kappa shape index (κ1) is 8.47. The number of allylic oxidation sites excluding steroid dienone is 1. The van der Waals surface area contributed by atoms with Gasteiger partial charge >= 0.3 is 0 Å². The zero-order chi connectivity index (χ0) is 10.3. The average molecular weight is 203 g/mol. The molecule has 0 fully saturated rings. The van der Waals surface area contributed by atoms with Gasteiger partial charge in [0, 0.05) is 12.0 Å². The Morgan fingerprint density at radius 3 is 3.07 bits per heavy atom. The summed E-state index contributed by atoms with van der Waals surface area (Å²) >= 11 is 0. The highest BCUT2D eigenvalue weighted by atomic mass is 16.6. The normalized spacial score (nSPS) is 16.9. The number of carbonyl (C=O) groups is 1. The Labute approximate surface area is 86.5 Å². The molecule has 0 saturated heterocycles. The fourth-order valence-corrected chi connectivity index (χ4v) is 1.89. The van der Waals surface area contributed by atoms with E-state index in [0.717, 1.165) is 28.9 Å². The van der Waals surface area contributed by atoms with Crippen LogP contribution in [-0.4, -0.2) is 24.5 Å². The second-order valence-electron chi connectivity index (χ2n) is 3.53. The summed E-state index contributed by atoms with van der Waals surface area (Å²) in [6.45, 7) is 1.11. The minimum atomic E-state index is 0.555. The first-order valence-corrected chi connectivity index (χ1v) is 4.81. The van der Waals surface area contributed by atoms with E-state index in [0.29, 0.717) is 25.4 Å². The van der Waals surface area contributed by atoms with Gasteiger partial charge in [0.25, 0.3) is 0 Å². The lowest BCUT2D eigenvalue weighted by atomic mass is 10.1. The topological polar surface area (TPSA) is 48.4 Å². The summed E-state index contributed by atoms with van der Waals surface area (Å²) in [5.41, 5.74) is 2.52. The number of aldehydes is 1. The lowest BCUT2D eigenvalue weighted by Crippen LogP contribution is -2.17. The zero-order valence-corrected chi connectivity index (χ0v) is 8.03. The molecule has 4 nitrogen and oxygen atoms in total. The van der Waals surface area contributed by atoms with E-state index in [1.165, 1.54) is 0 Å². The van der Waals surface area contributed by atoms with E-state index in [-0.39, 0.29) is 0 Å². The quantitative estimate of drug-likeness (QED) is 0.638. The van der Waals surface area contributed by atoms with Crippen LogP contribution in [0.2, 0.25) is 0 Å². The van der Waals surface area contributed by atoms with Gasteiger partial charge in [-0.15, -0.1) is 0 Å². The Bertz CT molecular complexity index is 465. The number of aromatic nitrogens is 1. The van der Waals surface area contributed by atoms with Crippen LogP contribution in [0.4, 0.5) is 0 Å². The van der Waals surface area contributed by atoms with Crippen LogP contribution in [-0.2, 0) is 11.2 Å². The zero-order valence-electron chi connectivity index (χ0n) is 8.03. The van der Waals surface area contributed by atoms with Crippen molar-refractivity contribution in [2.75, 3.05) is 13.2 Å². The summed E-state index contributed by atoms with van der Waals surface area (Å²) in [5.74, 6) is 1.43. The molecule has 0 radical (unpaired) electrons. The van der Waals surface area contributed by atoms with E-state index in [1.807, 2.05) is 0 Å². The van der Waals surface area contributed by atoms with Crippen molar-refractivity contribution in [2.24, 2.45) is 0 Å². The van der Waals surface area contributed by atoms with Crippen molar-refractivity contribution in [3.63, 3.8) is 0 Å². The number of ether oxygens (including phenoxy) is 2. The average Bonchev–Trinajstić information content (AvgIpc) is 2.72. The van der Waals surface area contributed by atoms with Gasteiger partial charge in [0.1, 0.15) is 19.5 Å². The third-order valence-electron chi connectivity index (χ3n) is 2.57. The number of nitrogens with zero attached hydrogens (tertiary/aromatic N) is 1. The smallest absolute Gasteiger partial charge is 0.179 e. The minimum absolute atomic E-state index is 0.555. The second kappa shape index (κ2) is 3.08. The summed E-state index contributed by atoms with van der Waals surface area (Å²) in [5, 5.41) is 0. The molecule has 1 aliphatic heterocycles. The molecular formula is C11H9NO3. The lowest BCUT2D eigenvalue weighted by molar-refractivity contribution is -0.104. The molecule has 0 spiro atoms. The summed E-state index contributed by atoms with van der Waals surface area (Å²) < 4.78 is 11.0. The summed E-state index contributed by atoms with van der Waals surface area (Å²) in [6, 6.07) is 0. The molecule has 0 amide bonds. The van der Waals surface area contributed by atoms with Crippen LogP contribution in [0.25, 0.3) is 6.08 Å². The number of rotatable bonds is 1. The monoisotopic (exact) mass is 203 g/mol. The van der Waals surface area contributed by atoms with Crippen molar-refractivity contribution in [2.45, 2.75) is 6.42 Å². The van der Waals surface area contributed by atoms with E-state index in [1.54, 1.807) is 12.3 Å². The molecule has 0 aromatic carbocycles. The van der Waals surface area contributed by atoms with Gasteiger partial charge in [-0.3, -0.25) is 9.78 Å². The number of fused-ring (bicyclic) bond motifs is 3. The number of hydrogen-bond acceptors (Lipinski definition) is 4. The molecule has 76 valence electrons. The molecule has 15 heavy (non-hydrogen) atoms. The molecular weight excluding hydrogens is 194 g/mol. The van der Waals surface area contributed by atoms with E-state index < -0.39 is 0 Å². The highest BCUT2D eigenvalue weighted by Crippen LogP contribution is 2.39. The van der Waals surface area contributed by atoms with Gasteiger partial charge in [-0.25, -0.2) is 0 Å². The maximum absolute atomic E-state index is 10.7. The highest BCUT2D eigenvalue weighted by molar-refractivity contribution is 5.86. The van der Waals surface area contributed by atoms with Crippen LogP contribution in [0.5, 0.6) is 11.5 Å². The number of hydrogen-bond donors (Lipinski definition) is 0. The number of pyridine rings is 1. The predicted octanol–water partition coefficient (Wildman–Crippen LogP) is 0.991. The Balaban J connectivity index is 2.10. The molecule has 0 N–H and O–H groups in total. The number of carbonyl (C=O) groups excluding carboxylic acids is 1. The maximum Gasteiger partial charge on any atom is 0.179 e. The van der Waals surface area contributed by atoms with Crippen molar-refractivity contribution in [3.8, 4) is 11.5 Å². The van der Waals surface area contributed by atoms with Crippen LogP contribution in [0.1, 0.15) is 11.3 Å². The van der Waals surface area contributed by atoms with Crippen LogP contribution >= 0.6 is 0 Å². The first-order valence-electron chi connectivity index (χ1n) is 4.81. The van der Waals surface area contributed by atoms with Crippen molar-refractivity contribution in [3.05, 3.63) is 23.0 Å². The first-order chi connectivity index (χ1) is 7.38. The van der Waals surface area contributed by atoms with Crippen LogP contribution in [0.3, 0.4) is 0 Å². The van der Waals surface area contributed by atoms with Gasteiger partial charge in [0.2, 0.25) is 0 Å². The molecule has 0 atom stereocenters. The van der Waals surface area contributed by atoms with Gasteiger partial charge in [-0.2, -0.15) is 0 Å². The third-order valence-corrected chi connectivity index (χ3v) is 2.57. The fraction of sp³-hybridized carbons (Fsp3) is 0.273. The lowest BCUT2D eigenvalue weighted by Gasteiger charge is -2.20. The molecule has 1 aromatic heterocycles. The van der Waals surface area contributed by atoms with Crippen molar-refractivity contribution in [1.82, 2.24) is 4.98 Å².